The Morgan fingerprint density at radius 2 is 2.05 bits per heavy atom. The quantitative estimate of drug-likeness (QED) is 0.727. The van der Waals surface area contributed by atoms with Gasteiger partial charge in [-0.05, 0) is 35.9 Å². The number of carbonyl (C=O) groups is 1. The lowest BCUT2D eigenvalue weighted by Gasteiger charge is -2.11. The van der Waals surface area contributed by atoms with Gasteiger partial charge in [0.1, 0.15) is 0 Å². The van der Waals surface area contributed by atoms with Crippen molar-refractivity contribution >= 4 is 23.0 Å². The summed E-state index contributed by atoms with van der Waals surface area (Å²) in [7, 11) is 1.65. The van der Waals surface area contributed by atoms with Gasteiger partial charge in [-0.2, -0.15) is 0 Å². The molecule has 2 aromatic carbocycles. The van der Waals surface area contributed by atoms with Crippen molar-refractivity contribution in [2.45, 2.75) is 6.61 Å². The topological polar surface area (TPSA) is 90.4 Å². The van der Waals surface area contributed by atoms with Gasteiger partial charge < -0.3 is 21.5 Å². The van der Waals surface area contributed by atoms with Crippen LogP contribution in [-0.2, 0) is 11.3 Å². The van der Waals surface area contributed by atoms with Crippen LogP contribution in [0.2, 0.25) is 0 Å². The van der Waals surface area contributed by atoms with Crippen LogP contribution in [0.15, 0.2) is 42.5 Å². The molecule has 0 fully saturated rings. The summed E-state index contributed by atoms with van der Waals surface area (Å²) in [6.45, 7) is 0.534. The minimum Gasteiger partial charge on any atom is -0.397 e. The molecule has 5 nitrogen and oxygen atoms in total. The number of hydrogen-bond acceptors (Lipinski definition) is 4. The molecule has 0 aliphatic heterocycles. The third kappa shape index (κ3) is 3.27. The van der Waals surface area contributed by atoms with Crippen molar-refractivity contribution in [2.75, 3.05) is 18.2 Å². The summed E-state index contributed by atoms with van der Waals surface area (Å²) >= 11 is 0. The molecule has 2 aromatic rings. The molecular formula is C15H17N3O2. The first-order valence-electron chi connectivity index (χ1n) is 6.14. The lowest BCUT2D eigenvalue weighted by atomic mass is 10.1. The fourth-order valence-electron chi connectivity index (χ4n) is 1.88. The Labute approximate surface area is 117 Å². The predicted molar refractivity (Wildman–Crippen MR) is 79.8 cm³/mol. The molecule has 104 valence electrons. The molecule has 0 aliphatic carbocycles. The zero-order chi connectivity index (χ0) is 14.5. The number of primary amides is 1. The maximum atomic E-state index is 11.2. The minimum atomic E-state index is -0.485. The molecular weight excluding hydrogens is 254 g/mol. The molecule has 0 atom stereocenters. The van der Waals surface area contributed by atoms with E-state index < -0.39 is 5.91 Å². The Morgan fingerprint density at radius 1 is 1.25 bits per heavy atom. The monoisotopic (exact) mass is 271 g/mol. The van der Waals surface area contributed by atoms with E-state index in [9.17, 15) is 4.79 Å². The van der Waals surface area contributed by atoms with Gasteiger partial charge in [-0.15, -0.1) is 0 Å². The van der Waals surface area contributed by atoms with E-state index in [2.05, 4.69) is 5.32 Å². The third-order valence-corrected chi connectivity index (χ3v) is 2.85. The maximum absolute atomic E-state index is 11.2. The molecule has 5 heteroatoms. The molecule has 2 rings (SSSR count). The van der Waals surface area contributed by atoms with Gasteiger partial charge >= 0.3 is 0 Å². The van der Waals surface area contributed by atoms with Gasteiger partial charge in [-0.3, -0.25) is 4.79 Å². The van der Waals surface area contributed by atoms with Gasteiger partial charge in [-0.1, -0.05) is 12.1 Å². The summed E-state index contributed by atoms with van der Waals surface area (Å²) in [4.78, 5) is 11.2. The zero-order valence-corrected chi connectivity index (χ0v) is 11.2. The highest BCUT2D eigenvalue weighted by Gasteiger charge is 2.06. The number of amides is 1. The van der Waals surface area contributed by atoms with E-state index >= 15 is 0 Å². The highest BCUT2D eigenvalue weighted by Crippen LogP contribution is 2.25. The van der Waals surface area contributed by atoms with Crippen molar-refractivity contribution in [1.29, 1.82) is 0 Å². The van der Waals surface area contributed by atoms with Gasteiger partial charge in [0.15, 0.2) is 0 Å². The van der Waals surface area contributed by atoms with Gasteiger partial charge in [-0.25, -0.2) is 0 Å². The van der Waals surface area contributed by atoms with Crippen LogP contribution in [0, 0.1) is 0 Å². The Kier molecular flexibility index (Phi) is 4.22. The Hall–Kier alpha value is -2.53. The van der Waals surface area contributed by atoms with Crippen molar-refractivity contribution in [2.24, 2.45) is 5.73 Å². The van der Waals surface area contributed by atoms with Crippen LogP contribution < -0.4 is 16.8 Å². The van der Waals surface area contributed by atoms with E-state index in [1.807, 2.05) is 24.3 Å². The molecule has 0 saturated carbocycles. The van der Waals surface area contributed by atoms with Crippen LogP contribution in [-0.4, -0.2) is 13.0 Å². The summed E-state index contributed by atoms with van der Waals surface area (Å²) in [5, 5.41) is 3.18. The number of methoxy groups -OCH3 is 1. The number of benzene rings is 2. The van der Waals surface area contributed by atoms with Crippen LogP contribution in [0.4, 0.5) is 17.1 Å². The lowest BCUT2D eigenvalue weighted by Crippen LogP contribution is -2.11. The molecule has 0 bridgehead atoms. The van der Waals surface area contributed by atoms with E-state index in [1.165, 1.54) is 0 Å². The summed E-state index contributed by atoms with van der Waals surface area (Å²) in [6, 6.07) is 12.7. The highest BCUT2D eigenvalue weighted by molar-refractivity contribution is 5.95. The molecule has 0 aliphatic rings. The number of rotatable bonds is 5. The van der Waals surface area contributed by atoms with Gasteiger partial charge in [0.25, 0.3) is 0 Å². The van der Waals surface area contributed by atoms with Gasteiger partial charge in [0, 0.05) is 18.4 Å². The van der Waals surface area contributed by atoms with E-state index in [-0.39, 0.29) is 0 Å². The van der Waals surface area contributed by atoms with Crippen molar-refractivity contribution < 1.29 is 9.53 Å². The van der Waals surface area contributed by atoms with Crippen LogP contribution in [0.25, 0.3) is 0 Å². The molecule has 20 heavy (non-hydrogen) atoms. The highest BCUT2D eigenvalue weighted by atomic mass is 16.5. The van der Waals surface area contributed by atoms with Crippen molar-refractivity contribution in [1.82, 2.24) is 0 Å². The van der Waals surface area contributed by atoms with E-state index in [4.69, 9.17) is 16.2 Å². The maximum Gasteiger partial charge on any atom is 0.248 e. The Morgan fingerprint density at radius 3 is 2.75 bits per heavy atom. The molecule has 0 saturated heterocycles. The average molecular weight is 271 g/mol. The number of anilines is 3. The second-order valence-electron chi connectivity index (χ2n) is 4.42. The Balaban J connectivity index is 2.27. The molecule has 5 N–H and O–H groups in total. The minimum absolute atomic E-state index is 0.412. The summed E-state index contributed by atoms with van der Waals surface area (Å²) in [5.41, 5.74) is 14.7. The molecule has 0 radical (unpaired) electrons. The first-order chi connectivity index (χ1) is 9.60. The number of carbonyl (C=O) groups excluding carboxylic acids is 1. The number of nitrogen functional groups attached to an aromatic ring is 1. The van der Waals surface area contributed by atoms with Gasteiger partial charge in [0.2, 0.25) is 5.91 Å². The van der Waals surface area contributed by atoms with Crippen LogP contribution in [0.3, 0.4) is 0 Å². The molecule has 1 amide bonds. The van der Waals surface area contributed by atoms with Crippen molar-refractivity contribution in [3.05, 3.63) is 53.6 Å². The van der Waals surface area contributed by atoms with Crippen molar-refractivity contribution in [3.63, 3.8) is 0 Å². The second-order valence-corrected chi connectivity index (χ2v) is 4.42. The smallest absolute Gasteiger partial charge is 0.248 e. The molecule has 0 unspecified atom stereocenters. The molecule has 0 heterocycles. The summed E-state index contributed by atoms with van der Waals surface area (Å²) in [5.74, 6) is -0.485. The average Bonchev–Trinajstić information content (AvgIpc) is 2.42. The lowest BCUT2D eigenvalue weighted by molar-refractivity contribution is 0.100. The fourth-order valence-corrected chi connectivity index (χ4v) is 1.88. The first kappa shape index (κ1) is 13.9. The number of nitrogens with one attached hydrogen (secondary N) is 1. The predicted octanol–water partition coefficient (Wildman–Crippen LogP) is 2.26. The third-order valence-electron chi connectivity index (χ3n) is 2.85. The standard InChI is InChI=1S/C15H17N3O2/c1-20-9-10-3-2-4-12(7-10)18-14-8-11(15(17)19)5-6-13(14)16/h2-8,18H,9,16H2,1H3,(H2,17,19). The van der Waals surface area contributed by atoms with Crippen LogP contribution in [0.1, 0.15) is 15.9 Å². The van der Waals surface area contributed by atoms with E-state index in [1.54, 1.807) is 25.3 Å². The summed E-state index contributed by atoms with van der Waals surface area (Å²) < 4.78 is 5.09. The number of ether oxygens (including phenoxy) is 1. The second kappa shape index (κ2) is 6.08. The van der Waals surface area contributed by atoms with Crippen LogP contribution >= 0.6 is 0 Å². The van der Waals surface area contributed by atoms with Crippen LogP contribution in [0.5, 0.6) is 0 Å². The SMILES string of the molecule is COCc1cccc(Nc2cc(C(N)=O)ccc2N)c1. The van der Waals surface area contributed by atoms with Gasteiger partial charge in [0.05, 0.1) is 18.0 Å². The fraction of sp³-hybridized carbons (Fsp3) is 0.133. The summed E-state index contributed by atoms with van der Waals surface area (Å²) in [6.07, 6.45) is 0. The molecule has 0 spiro atoms. The number of nitrogens with two attached hydrogens (primary N) is 2. The molecule has 0 aromatic heterocycles. The van der Waals surface area contributed by atoms with Crippen molar-refractivity contribution in [3.8, 4) is 0 Å². The van der Waals surface area contributed by atoms with E-state index in [0.717, 1.165) is 11.3 Å². The largest absolute Gasteiger partial charge is 0.397 e. The van der Waals surface area contributed by atoms with E-state index in [0.29, 0.717) is 23.5 Å². The Bertz CT molecular complexity index is 626. The zero-order valence-electron chi connectivity index (χ0n) is 11.2. The normalized spacial score (nSPS) is 10.2. The number of hydrogen-bond donors (Lipinski definition) is 3. The first-order valence-corrected chi connectivity index (χ1v) is 6.14.